The van der Waals surface area contributed by atoms with E-state index < -0.39 is 5.97 Å². The summed E-state index contributed by atoms with van der Waals surface area (Å²) in [5, 5.41) is 18.2. The number of hydrogen-bond donors (Lipinski definition) is 2. The van der Waals surface area contributed by atoms with Gasteiger partial charge in [-0.1, -0.05) is 0 Å². The molecule has 0 aliphatic heterocycles. The number of aliphatic hydroxyl groups excluding tert-OH is 1. The van der Waals surface area contributed by atoms with Crippen molar-refractivity contribution in [2.24, 2.45) is 5.92 Å². The molecule has 0 atom stereocenters. The minimum Gasteiger partial charge on any atom is -0.478 e. The van der Waals surface area contributed by atoms with Gasteiger partial charge >= 0.3 is 5.97 Å². The first-order valence-electron chi connectivity index (χ1n) is 5.95. The zero-order valence-corrected chi connectivity index (χ0v) is 10.3. The topological polar surface area (TPSA) is 86.6 Å². The molecule has 2 N–H and O–H groups in total. The van der Waals surface area contributed by atoms with Crippen LogP contribution in [-0.4, -0.2) is 50.7 Å². The lowest BCUT2D eigenvalue weighted by atomic mass is 9.82. The van der Waals surface area contributed by atoms with Crippen LogP contribution in [0.5, 0.6) is 0 Å². The van der Waals surface area contributed by atoms with Gasteiger partial charge in [0.1, 0.15) is 11.9 Å². The zero-order chi connectivity index (χ0) is 13.1. The van der Waals surface area contributed by atoms with E-state index in [1.54, 1.807) is 0 Å². The maximum Gasteiger partial charge on any atom is 0.339 e. The Morgan fingerprint density at radius 3 is 2.89 bits per heavy atom. The van der Waals surface area contributed by atoms with Gasteiger partial charge in [-0.25, -0.2) is 14.8 Å². The van der Waals surface area contributed by atoms with Crippen molar-refractivity contribution in [2.45, 2.75) is 25.5 Å². The van der Waals surface area contributed by atoms with E-state index in [4.69, 9.17) is 5.11 Å². The molecule has 1 fully saturated rings. The van der Waals surface area contributed by atoms with Gasteiger partial charge in [-0.05, 0) is 25.8 Å². The highest BCUT2D eigenvalue weighted by Crippen LogP contribution is 2.27. The van der Waals surface area contributed by atoms with E-state index in [9.17, 15) is 9.90 Å². The van der Waals surface area contributed by atoms with E-state index >= 15 is 0 Å². The molecule has 1 aliphatic carbocycles. The first-order valence-corrected chi connectivity index (χ1v) is 5.95. The molecule has 0 saturated heterocycles. The minimum atomic E-state index is -1.00. The third kappa shape index (κ3) is 3.02. The van der Waals surface area contributed by atoms with Crippen molar-refractivity contribution < 1.29 is 15.0 Å². The van der Waals surface area contributed by atoms with E-state index in [0.29, 0.717) is 18.2 Å². The Kier molecular flexibility index (Phi) is 3.88. The molecule has 0 radical (unpaired) electrons. The summed E-state index contributed by atoms with van der Waals surface area (Å²) < 4.78 is 0. The van der Waals surface area contributed by atoms with E-state index in [0.717, 1.165) is 19.4 Å². The number of carbonyl (C=O) groups is 1. The Morgan fingerprint density at radius 2 is 2.28 bits per heavy atom. The third-order valence-electron chi connectivity index (χ3n) is 3.23. The Balaban J connectivity index is 1.94. The van der Waals surface area contributed by atoms with Gasteiger partial charge in [0.25, 0.3) is 0 Å². The van der Waals surface area contributed by atoms with Gasteiger partial charge < -0.3 is 15.1 Å². The number of carboxylic acids is 1. The largest absolute Gasteiger partial charge is 0.478 e. The quantitative estimate of drug-likeness (QED) is 0.786. The van der Waals surface area contributed by atoms with Crippen LogP contribution in [0.15, 0.2) is 12.5 Å². The predicted molar refractivity (Wildman–Crippen MR) is 64.1 cm³/mol. The van der Waals surface area contributed by atoms with Crippen LogP contribution in [0.25, 0.3) is 0 Å². The Morgan fingerprint density at radius 1 is 1.56 bits per heavy atom. The molecule has 1 saturated carbocycles. The molecule has 1 aromatic rings. The number of carboxylic acid groups (broad SMARTS) is 1. The van der Waals surface area contributed by atoms with Crippen molar-refractivity contribution in [3.8, 4) is 0 Å². The first kappa shape index (κ1) is 12.9. The molecule has 0 bridgehead atoms. The summed E-state index contributed by atoms with van der Waals surface area (Å²) in [5.74, 6) is -0.502. The Hall–Kier alpha value is -1.53. The van der Waals surface area contributed by atoms with Crippen LogP contribution < -0.4 is 0 Å². The van der Waals surface area contributed by atoms with Gasteiger partial charge in [0.15, 0.2) is 0 Å². The van der Waals surface area contributed by atoms with Gasteiger partial charge in [-0.2, -0.15) is 0 Å². The van der Waals surface area contributed by atoms with E-state index in [1.807, 2.05) is 11.9 Å². The molecule has 0 spiro atoms. The second kappa shape index (κ2) is 5.41. The molecular formula is C12H17N3O3. The molecule has 1 aliphatic rings. The number of hydrogen-bond acceptors (Lipinski definition) is 5. The van der Waals surface area contributed by atoms with Crippen LogP contribution in [0.1, 0.15) is 28.9 Å². The number of aliphatic hydroxyl groups is 1. The van der Waals surface area contributed by atoms with Gasteiger partial charge in [-0.15, -0.1) is 0 Å². The maximum absolute atomic E-state index is 11.0. The van der Waals surface area contributed by atoms with Crippen molar-refractivity contribution >= 4 is 5.97 Å². The summed E-state index contributed by atoms with van der Waals surface area (Å²) in [6, 6.07) is 0. The second-order valence-electron chi connectivity index (χ2n) is 4.88. The van der Waals surface area contributed by atoms with Crippen LogP contribution in [0, 0.1) is 5.92 Å². The molecule has 0 unspecified atom stereocenters. The Bertz CT molecular complexity index is 432. The first-order chi connectivity index (χ1) is 8.56. The monoisotopic (exact) mass is 251 g/mol. The second-order valence-corrected chi connectivity index (χ2v) is 4.88. The van der Waals surface area contributed by atoms with Crippen LogP contribution in [0.3, 0.4) is 0 Å². The SMILES string of the molecule is CN(Cc1ncncc1C(=O)O)CC1CC(O)C1. The summed E-state index contributed by atoms with van der Waals surface area (Å²) >= 11 is 0. The average Bonchev–Trinajstić information content (AvgIpc) is 2.27. The molecule has 18 heavy (non-hydrogen) atoms. The Labute approximate surface area is 105 Å². The van der Waals surface area contributed by atoms with Crippen LogP contribution >= 0.6 is 0 Å². The standard InChI is InChI=1S/C12H17N3O3/c1-15(5-8-2-9(16)3-8)6-11-10(12(17)18)4-13-7-14-11/h4,7-9,16H,2-3,5-6H2,1H3,(H,17,18). The van der Waals surface area contributed by atoms with Crippen LogP contribution in [0.2, 0.25) is 0 Å². The van der Waals surface area contributed by atoms with Crippen molar-refractivity contribution in [1.29, 1.82) is 0 Å². The fraction of sp³-hybridized carbons (Fsp3) is 0.583. The van der Waals surface area contributed by atoms with Crippen molar-refractivity contribution in [3.63, 3.8) is 0 Å². The molecule has 98 valence electrons. The summed E-state index contributed by atoms with van der Waals surface area (Å²) in [6.07, 6.45) is 4.20. The molecule has 1 aromatic heterocycles. The normalized spacial score (nSPS) is 22.8. The minimum absolute atomic E-state index is 0.151. The lowest BCUT2D eigenvalue weighted by Gasteiger charge is -2.34. The molecule has 2 rings (SSSR count). The van der Waals surface area contributed by atoms with Crippen LogP contribution in [-0.2, 0) is 6.54 Å². The fourth-order valence-electron chi connectivity index (χ4n) is 2.27. The molecular weight excluding hydrogens is 234 g/mol. The fourth-order valence-corrected chi connectivity index (χ4v) is 2.27. The summed E-state index contributed by atoms with van der Waals surface area (Å²) in [5.41, 5.74) is 0.679. The summed E-state index contributed by atoms with van der Waals surface area (Å²) in [6.45, 7) is 1.33. The molecule has 0 aromatic carbocycles. The number of nitrogens with zero attached hydrogens (tertiary/aromatic N) is 3. The molecule has 1 heterocycles. The lowest BCUT2D eigenvalue weighted by Crippen LogP contribution is -2.37. The maximum atomic E-state index is 11.0. The van der Waals surface area contributed by atoms with Crippen molar-refractivity contribution in [1.82, 2.24) is 14.9 Å². The van der Waals surface area contributed by atoms with Crippen molar-refractivity contribution in [3.05, 3.63) is 23.8 Å². The van der Waals surface area contributed by atoms with Gasteiger partial charge in [0, 0.05) is 19.3 Å². The molecule has 6 nitrogen and oxygen atoms in total. The lowest BCUT2D eigenvalue weighted by molar-refractivity contribution is 0.0272. The van der Waals surface area contributed by atoms with E-state index in [1.165, 1.54) is 12.5 Å². The molecule has 0 amide bonds. The molecule has 6 heteroatoms. The highest BCUT2D eigenvalue weighted by Gasteiger charge is 2.28. The number of aromatic carboxylic acids is 1. The van der Waals surface area contributed by atoms with Gasteiger partial charge in [-0.3, -0.25) is 0 Å². The summed E-state index contributed by atoms with van der Waals surface area (Å²) in [7, 11) is 1.93. The third-order valence-corrected chi connectivity index (χ3v) is 3.23. The van der Waals surface area contributed by atoms with Crippen molar-refractivity contribution in [2.75, 3.05) is 13.6 Å². The zero-order valence-electron chi connectivity index (χ0n) is 10.3. The van der Waals surface area contributed by atoms with E-state index in [-0.39, 0.29) is 11.7 Å². The highest BCUT2D eigenvalue weighted by atomic mass is 16.4. The highest BCUT2D eigenvalue weighted by molar-refractivity contribution is 5.88. The number of rotatable bonds is 5. The smallest absolute Gasteiger partial charge is 0.339 e. The average molecular weight is 251 g/mol. The van der Waals surface area contributed by atoms with E-state index in [2.05, 4.69) is 9.97 Å². The van der Waals surface area contributed by atoms with Crippen LogP contribution in [0.4, 0.5) is 0 Å². The summed E-state index contributed by atoms with van der Waals surface area (Å²) in [4.78, 5) is 20.8. The van der Waals surface area contributed by atoms with Gasteiger partial charge in [0.05, 0.1) is 11.8 Å². The van der Waals surface area contributed by atoms with Gasteiger partial charge in [0.2, 0.25) is 0 Å². The number of aromatic nitrogens is 2. The predicted octanol–water partition coefficient (Wildman–Crippen LogP) is 0.377.